The molecular formula is C9H13ClN2O4S. The molecule has 0 radical (unpaired) electrons. The van der Waals surface area contributed by atoms with Gasteiger partial charge in [-0.25, -0.2) is 13.4 Å². The van der Waals surface area contributed by atoms with Crippen LogP contribution in [0.15, 0.2) is 11.2 Å². The maximum Gasteiger partial charge on any atom is 0.305 e. The molecular weight excluding hydrogens is 268 g/mol. The Morgan fingerprint density at radius 1 is 1.59 bits per heavy atom. The number of imidazole rings is 1. The third-order valence-electron chi connectivity index (χ3n) is 2.12. The first-order chi connectivity index (χ1) is 7.71. The summed E-state index contributed by atoms with van der Waals surface area (Å²) in [6, 6.07) is 0. The molecule has 1 aromatic rings. The highest BCUT2D eigenvalue weighted by Gasteiger charge is 2.19. The van der Waals surface area contributed by atoms with Crippen LogP contribution in [0.2, 0.25) is 0 Å². The predicted octanol–water partition coefficient (Wildman–Crippen LogP) is 1.41. The third-order valence-corrected chi connectivity index (χ3v) is 3.29. The summed E-state index contributed by atoms with van der Waals surface area (Å²) in [5.41, 5.74) is 0. The molecule has 0 atom stereocenters. The standard InChI is InChI=1S/C9H13ClN2O4S/c1-6(2)9-11-7(17(10,15)16)5-12(9)4-3-8(13)14/h5-6H,3-4H2,1-2H3,(H,13,14). The quantitative estimate of drug-likeness (QED) is 0.824. The van der Waals surface area contributed by atoms with Gasteiger partial charge < -0.3 is 9.67 Å². The summed E-state index contributed by atoms with van der Waals surface area (Å²) in [6.45, 7) is 3.84. The molecule has 0 saturated carbocycles. The number of aromatic nitrogens is 2. The molecule has 0 aliphatic heterocycles. The second-order valence-corrected chi connectivity index (χ2v) is 6.38. The number of halogens is 1. The molecule has 0 aromatic carbocycles. The molecule has 0 amide bonds. The predicted molar refractivity (Wildman–Crippen MR) is 61.6 cm³/mol. The van der Waals surface area contributed by atoms with Crippen molar-refractivity contribution in [3.05, 3.63) is 12.0 Å². The number of hydrogen-bond acceptors (Lipinski definition) is 4. The van der Waals surface area contributed by atoms with E-state index in [1.807, 2.05) is 13.8 Å². The van der Waals surface area contributed by atoms with Crippen LogP contribution in [-0.2, 0) is 20.4 Å². The second-order valence-electron chi connectivity index (χ2n) is 3.87. The molecule has 1 aromatic heterocycles. The maximum absolute atomic E-state index is 11.1. The Bertz CT molecular complexity index is 521. The average Bonchev–Trinajstić information content (AvgIpc) is 2.57. The second kappa shape index (κ2) is 5.05. The van der Waals surface area contributed by atoms with Crippen LogP contribution in [0.5, 0.6) is 0 Å². The third kappa shape index (κ3) is 3.71. The normalized spacial score (nSPS) is 12.0. The summed E-state index contributed by atoms with van der Waals surface area (Å²) in [5.74, 6) is -0.467. The van der Waals surface area contributed by atoms with Crippen molar-refractivity contribution in [2.75, 3.05) is 0 Å². The smallest absolute Gasteiger partial charge is 0.305 e. The molecule has 96 valence electrons. The molecule has 6 nitrogen and oxygen atoms in total. The molecule has 0 fully saturated rings. The van der Waals surface area contributed by atoms with Crippen LogP contribution in [0.3, 0.4) is 0 Å². The number of carbonyl (C=O) groups is 1. The summed E-state index contributed by atoms with van der Waals surface area (Å²) < 4.78 is 23.8. The molecule has 1 N–H and O–H groups in total. The summed E-state index contributed by atoms with van der Waals surface area (Å²) in [7, 11) is 1.31. The van der Waals surface area contributed by atoms with Gasteiger partial charge in [0.05, 0.1) is 6.42 Å². The van der Waals surface area contributed by atoms with Crippen LogP contribution < -0.4 is 0 Å². The van der Waals surface area contributed by atoms with Gasteiger partial charge in [0.25, 0.3) is 9.05 Å². The lowest BCUT2D eigenvalue weighted by Crippen LogP contribution is -2.08. The molecule has 0 unspecified atom stereocenters. The highest BCUT2D eigenvalue weighted by molar-refractivity contribution is 8.13. The van der Waals surface area contributed by atoms with Gasteiger partial charge in [-0.15, -0.1) is 0 Å². The van der Waals surface area contributed by atoms with Crippen LogP contribution in [0.4, 0.5) is 0 Å². The van der Waals surface area contributed by atoms with E-state index in [0.717, 1.165) is 0 Å². The highest BCUT2D eigenvalue weighted by Crippen LogP contribution is 2.20. The number of nitrogens with zero attached hydrogens (tertiary/aromatic N) is 2. The van der Waals surface area contributed by atoms with Crippen molar-refractivity contribution < 1.29 is 18.3 Å². The van der Waals surface area contributed by atoms with Crippen molar-refractivity contribution in [3.8, 4) is 0 Å². The molecule has 0 aliphatic rings. The Morgan fingerprint density at radius 2 is 2.18 bits per heavy atom. The van der Waals surface area contributed by atoms with Crippen LogP contribution in [-0.4, -0.2) is 29.0 Å². The number of aliphatic carboxylic acids is 1. The fraction of sp³-hybridized carbons (Fsp3) is 0.556. The fourth-order valence-corrected chi connectivity index (χ4v) is 2.06. The van der Waals surface area contributed by atoms with Crippen molar-refractivity contribution >= 4 is 25.7 Å². The van der Waals surface area contributed by atoms with Crippen LogP contribution in [0.1, 0.15) is 32.0 Å². The van der Waals surface area contributed by atoms with Gasteiger partial charge in [-0.1, -0.05) is 13.8 Å². The molecule has 1 rings (SSSR count). The van der Waals surface area contributed by atoms with Crippen LogP contribution >= 0.6 is 10.7 Å². The van der Waals surface area contributed by atoms with E-state index in [1.54, 1.807) is 0 Å². The number of hydrogen-bond donors (Lipinski definition) is 1. The van der Waals surface area contributed by atoms with E-state index in [9.17, 15) is 13.2 Å². The lowest BCUT2D eigenvalue weighted by atomic mass is 10.2. The van der Waals surface area contributed by atoms with Gasteiger partial charge in [0.15, 0.2) is 5.03 Å². The fourth-order valence-electron chi connectivity index (χ4n) is 1.38. The Kier molecular flexibility index (Phi) is 4.16. The van der Waals surface area contributed by atoms with E-state index >= 15 is 0 Å². The molecule has 8 heteroatoms. The largest absolute Gasteiger partial charge is 0.481 e. The number of aryl methyl sites for hydroxylation is 1. The summed E-state index contributed by atoms with van der Waals surface area (Å²) >= 11 is 0. The first-order valence-corrected chi connectivity index (χ1v) is 7.26. The maximum atomic E-state index is 11.1. The zero-order valence-electron chi connectivity index (χ0n) is 9.42. The van der Waals surface area contributed by atoms with E-state index in [2.05, 4.69) is 4.98 Å². The van der Waals surface area contributed by atoms with E-state index in [4.69, 9.17) is 15.8 Å². The summed E-state index contributed by atoms with van der Waals surface area (Å²) in [5, 5.41) is 8.35. The van der Waals surface area contributed by atoms with Gasteiger partial charge in [0, 0.05) is 29.3 Å². The first kappa shape index (κ1) is 14.0. The zero-order valence-corrected chi connectivity index (χ0v) is 11.0. The van der Waals surface area contributed by atoms with Crippen LogP contribution in [0.25, 0.3) is 0 Å². The van der Waals surface area contributed by atoms with Crippen molar-refractivity contribution in [1.29, 1.82) is 0 Å². The monoisotopic (exact) mass is 280 g/mol. The Hall–Kier alpha value is -1.08. The van der Waals surface area contributed by atoms with Gasteiger partial charge in [-0.3, -0.25) is 4.79 Å². The van der Waals surface area contributed by atoms with Crippen molar-refractivity contribution in [2.24, 2.45) is 0 Å². The van der Waals surface area contributed by atoms with E-state index in [0.29, 0.717) is 5.82 Å². The first-order valence-electron chi connectivity index (χ1n) is 4.95. The Labute approximate surface area is 104 Å². The lowest BCUT2D eigenvalue weighted by molar-refractivity contribution is -0.137. The van der Waals surface area contributed by atoms with E-state index in [1.165, 1.54) is 10.8 Å². The minimum atomic E-state index is -3.88. The average molecular weight is 281 g/mol. The molecule has 0 aliphatic carbocycles. The molecule has 0 spiro atoms. The van der Waals surface area contributed by atoms with Gasteiger partial charge in [0.1, 0.15) is 5.82 Å². The lowest BCUT2D eigenvalue weighted by Gasteiger charge is -2.07. The number of rotatable bonds is 5. The molecule has 0 saturated heterocycles. The van der Waals surface area contributed by atoms with Gasteiger partial charge in [-0.2, -0.15) is 0 Å². The minimum absolute atomic E-state index is 0.0176. The topological polar surface area (TPSA) is 89.3 Å². The summed E-state index contributed by atoms with van der Waals surface area (Å²) in [6.07, 6.45) is 1.17. The van der Waals surface area contributed by atoms with E-state index < -0.39 is 15.0 Å². The molecule has 1 heterocycles. The van der Waals surface area contributed by atoms with Gasteiger partial charge in [-0.05, 0) is 0 Å². The van der Waals surface area contributed by atoms with Crippen molar-refractivity contribution in [3.63, 3.8) is 0 Å². The zero-order chi connectivity index (χ0) is 13.2. The Balaban J connectivity index is 3.10. The summed E-state index contributed by atoms with van der Waals surface area (Å²) in [4.78, 5) is 14.4. The van der Waals surface area contributed by atoms with Crippen LogP contribution in [0, 0.1) is 0 Å². The van der Waals surface area contributed by atoms with Gasteiger partial charge >= 0.3 is 5.97 Å². The number of carboxylic acids is 1. The highest BCUT2D eigenvalue weighted by atomic mass is 35.7. The SMILES string of the molecule is CC(C)c1nc(S(=O)(=O)Cl)cn1CCC(=O)O. The van der Waals surface area contributed by atoms with Gasteiger partial charge in [0.2, 0.25) is 0 Å². The molecule has 17 heavy (non-hydrogen) atoms. The molecule has 0 bridgehead atoms. The van der Waals surface area contributed by atoms with Crippen molar-refractivity contribution in [1.82, 2.24) is 9.55 Å². The number of carboxylic acid groups (broad SMARTS) is 1. The van der Waals surface area contributed by atoms with Crippen molar-refractivity contribution in [2.45, 2.75) is 37.8 Å². The Morgan fingerprint density at radius 3 is 2.59 bits per heavy atom. The van der Waals surface area contributed by atoms with E-state index in [-0.39, 0.29) is 23.9 Å². The minimum Gasteiger partial charge on any atom is -0.481 e.